The second kappa shape index (κ2) is 7.26. The number of hydrogen-bond donors (Lipinski definition) is 0. The topological polar surface area (TPSA) is 85.0 Å². The molecule has 1 aliphatic rings. The van der Waals surface area contributed by atoms with Gasteiger partial charge in [-0.1, -0.05) is 25.0 Å². The maximum atomic E-state index is 12.5. The van der Waals surface area contributed by atoms with Crippen molar-refractivity contribution >= 4 is 16.9 Å². The molecule has 3 rings (SSSR count). The lowest BCUT2D eigenvalue weighted by Crippen LogP contribution is -2.26. The van der Waals surface area contributed by atoms with Gasteiger partial charge in [0.2, 0.25) is 0 Å². The first kappa shape index (κ1) is 16.2. The molecule has 1 aromatic carbocycles. The molecule has 0 N–H and O–H groups in total. The second-order valence-electron chi connectivity index (χ2n) is 6.11. The maximum Gasteiger partial charge on any atom is 0.306 e. The molecule has 0 bridgehead atoms. The molecule has 2 aromatic rings. The average Bonchev–Trinajstić information content (AvgIpc) is 3.09. The third-order valence-corrected chi connectivity index (χ3v) is 4.46. The standard InChI is InChI=1S/C18H19N3O3/c19-9-10-21-16(12-24-17(22)11-13-5-1-2-6-13)20-15-8-4-3-7-14(15)18(21)23/h3-4,7-8,13H,1-2,5-6,10-12H2. The number of para-hydroxylation sites is 1. The van der Waals surface area contributed by atoms with Gasteiger partial charge in [-0.2, -0.15) is 5.26 Å². The van der Waals surface area contributed by atoms with E-state index in [1.807, 2.05) is 6.07 Å². The number of rotatable bonds is 5. The predicted molar refractivity (Wildman–Crippen MR) is 88.0 cm³/mol. The van der Waals surface area contributed by atoms with Crippen molar-refractivity contribution in [3.63, 3.8) is 0 Å². The van der Waals surface area contributed by atoms with Gasteiger partial charge in [0.25, 0.3) is 5.56 Å². The van der Waals surface area contributed by atoms with Crippen LogP contribution in [0.2, 0.25) is 0 Å². The Labute approximate surface area is 139 Å². The smallest absolute Gasteiger partial charge is 0.306 e. The lowest BCUT2D eigenvalue weighted by atomic mass is 10.0. The van der Waals surface area contributed by atoms with E-state index in [1.54, 1.807) is 24.3 Å². The zero-order valence-corrected chi connectivity index (χ0v) is 13.4. The van der Waals surface area contributed by atoms with E-state index in [-0.39, 0.29) is 24.7 Å². The summed E-state index contributed by atoms with van der Waals surface area (Å²) in [5, 5.41) is 9.42. The summed E-state index contributed by atoms with van der Waals surface area (Å²) < 4.78 is 6.58. The van der Waals surface area contributed by atoms with Crippen molar-refractivity contribution < 1.29 is 9.53 Å². The number of hydrogen-bond acceptors (Lipinski definition) is 5. The van der Waals surface area contributed by atoms with Crippen LogP contribution in [0.25, 0.3) is 10.9 Å². The molecule has 6 nitrogen and oxygen atoms in total. The summed E-state index contributed by atoms with van der Waals surface area (Å²) in [5.41, 5.74) is 0.252. The van der Waals surface area contributed by atoms with E-state index in [1.165, 1.54) is 17.4 Å². The molecule has 24 heavy (non-hydrogen) atoms. The van der Waals surface area contributed by atoms with Gasteiger partial charge in [0.1, 0.15) is 13.2 Å². The van der Waals surface area contributed by atoms with Gasteiger partial charge in [0, 0.05) is 6.42 Å². The Morgan fingerprint density at radius 2 is 2.08 bits per heavy atom. The Bertz CT molecular complexity index is 845. The molecule has 0 aliphatic heterocycles. The van der Waals surface area contributed by atoms with Gasteiger partial charge in [-0.15, -0.1) is 0 Å². The van der Waals surface area contributed by atoms with Crippen molar-refractivity contribution in [1.82, 2.24) is 9.55 Å². The highest BCUT2D eigenvalue weighted by atomic mass is 16.5. The van der Waals surface area contributed by atoms with Gasteiger partial charge in [-0.3, -0.25) is 14.2 Å². The van der Waals surface area contributed by atoms with Crippen molar-refractivity contribution in [1.29, 1.82) is 5.26 Å². The van der Waals surface area contributed by atoms with Gasteiger partial charge in [-0.25, -0.2) is 4.98 Å². The van der Waals surface area contributed by atoms with Crippen LogP contribution in [0.15, 0.2) is 29.1 Å². The molecular formula is C18H19N3O3. The number of esters is 1. The third kappa shape index (κ3) is 3.46. The summed E-state index contributed by atoms with van der Waals surface area (Å²) in [6.07, 6.45) is 4.90. The van der Waals surface area contributed by atoms with Crippen molar-refractivity contribution in [3.8, 4) is 6.07 Å². The molecule has 124 valence electrons. The Balaban J connectivity index is 1.80. The van der Waals surface area contributed by atoms with Crippen LogP contribution < -0.4 is 5.56 Å². The predicted octanol–water partition coefficient (Wildman–Crippen LogP) is 2.54. The zero-order valence-electron chi connectivity index (χ0n) is 13.4. The first-order valence-corrected chi connectivity index (χ1v) is 8.20. The molecule has 0 unspecified atom stereocenters. The number of fused-ring (bicyclic) bond motifs is 1. The zero-order chi connectivity index (χ0) is 16.9. The first-order valence-electron chi connectivity index (χ1n) is 8.20. The fraction of sp³-hybridized carbons (Fsp3) is 0.444. The van der Waals surface area contributed by atoms with Crippen LogP contribution in [0.4, 0.5) is 0 Å². The van der Waals surface area contributed by atoms with E-state index < -0.39 is 0 Å². The highest BCUT2D eigenvalue weighted by molar-refractivity contribution is 5.77. The number of carbonyl (C=O) groups excluding carboxylic acids is 1. The van der Waals surface area contributed by atoms with Crippen LogP contribution in [0.5, 0.6) is 0 Å². The molecule has 6 heteroatoms. The molecule has 1 aromatic heterocycles. The Morgan fingerprint density at radius 3 is 2.83 bits per heavy atom. The lowest BCUT2D eigenvalue weighted by Gasteiger charge is -2.12. The lowest BCUT2D eigenvalue weighted by molar-refractivity contribution is -0.146. The highest BCUT2D eigenvalue weighted by Gasteiger charge is 2.20. The molecule has 0 radical (unpaired) electrons. The Kier molecular flexibility index (Phi) is 4.90. The van der Waals surface area contributed by atoms with E-state index in [9.17, 15) is 9.59 Å². The number of nitriles is 1. The number of carbonyl (C=O) groups is 1. The third-order valence-electron chi connectivity index (χ3n) is 4.46. The summed E-state index contributed by atoms with van der Waals surface area (Å²) in [4.78, 5) is 28.9. The van der Waals surface area contributed by atoms with Crippen molar-refractivity contribution in [2.75, 3.05) is 0 Å². The van der Waals surface area contributed by atoms with E-state index in [2.05, 4.69) is 4.98 Å². The summed E-state index contributed by atoms with van der Waals surface area (Å²) in [6.45, 7) is -0.209. The van der Waals surface area contributed by atoms with Gasteiger partial charge in [0.05, 0.1) is 17.0 Å². The minimum absolute atomic E-state index is 0.0900. The number of aromatic nitrogens is 2. The van der Waals surface area contributed by atoms with Crippen molar-refractivity contribution in [2.45, 2.75) is 45.3 Å². The maximum absolute atomic E-state index is 12.5. The molecule has 1 aliphatic carbocycles. The normalized spacial score (nSPS) is 14.6. The minimum Gasteiger partial charge on any atom is -0.457 e. The van der Waals surface area contributed by atoms with Crippen LogP contribution in [-0.2, 0) is 22.7 Å². The number of ether oxygens (including phenoxy) is 1. The van der Waals surface area contributed by atoms with E-state index in [4.69, 9.17) is 10.00 Å². The SMILES string of the molecule is N#CCn1c(COC(=O)CC2CCCC2)nc2ccccc2c1=O. The molecule has 0 amide bonds. The highest BCUT2D eigenvalue weighted by Crippen LogP contribution is 2.27. The van der Waals surface area contributed by atoms with E-state index in [0.29, 0.717) is 29.1 Å². The van der Waals surface area contributed by atoms with E-state index >= 15 is 0 Å². The van der Waals surface area contributed by atoms with Crippen LogP contribution in [-0.4, -0.2) is 15.5 Å². The molecule has 0 atom stereocenters. The summed E-state index contributed by atoms with van der Waals surface area (Å²) in [5.74, 6) is 0.441. The summed E-state index contributed by atoms with van der Waals surface area (Å²) in [6, 6.07) is 8.91. The monoisotopic (exact) mass is 325 g/mol. The molecule has 0 saturated heterocycles. The van der Waals surface area contributed by atoms with Gasteiger partial charge >= 0.3 is 5.97 Å². The van der Waals surface area contributed by atoms with Gasteiger partial charge in [-0.05, 0) is 30.9 Å². The van der Waals surface area contributed by atoms with Crippen molar-refractivity contribution in [2.24, 2.45) is 5.92 Å². The number of nitrogens with zero attached hydrogens (tertiary/aromatic N) is 3. The first-order chi connectivity index (χ1) is 11.7. The van der Waals surface area contributed by atoms with Crippen LogP contribution >= 0.6 is 0 Å². The van der Waals surface area contributed by atoms with Crippen molar-refractivity contribution in [3.05, 3.63) is 40.4 Å². The molecule has 1 saturated carbocycles. The molecular weight excluding hydrogens is 306 g/mol. The fourth-order valence-electron chi connectivity index (χ4n) is 3.21. The Morgan fingerprint density at radius 1 is 1.33 bits per heavy atom. The Hall–Kier alpha value is -2.68. The quantitative estimate of drug-likeness (QED) is 0.789. The molecule has 0 spiro atoms. The van der Waals surface area contributed by atoms with E-state index in [0.717, 1.165) is 12.8 Å². The molecule has 1 heterocycles. The summed E-state index contributed by atoms with van der Waals surface area (Å²) >= 11 is 0. The number of benzene rings is 1. The summed E-state index contributed by atoms with van der Waals surface area (Å²) in [7, 11) is 0. The average molecular weight is 325 g/mol. The van der Waals surface area contributed by atoms with Gasteiger partial charge < -0.3 is 4.74 Å². The molecule has 1 fully saturated rings. The van der Waals surface area contributed by atoms with Crippen LogP contribution in [0.1, 0.15) is 37.9 Å². The van der Waals surface area contributed by atoms with Crippen LogP contribution in [0, 0.1) is 17.2 Å². The van der Waals surface area contributed by atoms with Crippen LogP contribution in [0.3, 0.4) is 0 Å². The fourth-order valence-corrected chi connectivity index (χ4v) is 3.21. The largest absolute Gasteiger partial charge is 0.457 e. The second-order valence-corrected chi connectivity index (χ2v) is 6.11. The van der Waals surface area contributed by atoms with Gasteiger partial charge in [0.15, 0.2) is 5.82 Å². The minimum atomic E-state index is -0.288.